The van der Waals surface area contributed by atoms with Crippen LogP contribution in [0.2, 0.25) is 0 Å². The third-order valence-corrected chi connectivity index (χ3v) is 2.57. The minimum Gasteiger partial charge on any atom is -0.466 e. The van der Waals surface area contributed by atoms with E-state index in [4.69, 9.17) is 14.2 Å². The zero-order valence-corrected chi connectivity index (χ0v) is 10.8. The first-order valence-electron chi connectivity index (χ1n) is 5.85. The highest BCUT2D eigenvalue weighted by Gasteiger charge is 2.14. The van der Waals surface area contributed by atoms with Crippen molar-refractivity contribution < 1.29 is 19.0 Å². The lowest BCUT2D eigenvalue weighted by atomic mass is 10.1. The summed E-state index contributed by atoms with van der Waals surface area (Å²) in [6, 6.07) is 0. The van der Waals surface area contributed by atoms with Crippen molar-refractivity contribution in [1.29, 1.82) is 0 Å². The molecular formula is C12H24O4. The fourth-order valence-electron chi connectivity index (χ4n) is 1.46. The summed E-state index contributed by atoms with van der Waals surface area (Å²) in [5, 5.41) is 0. The average Bonchev–Trinajstić information content (AvgIpc) is 2.27. The molecule has 0 spiro atoms. The van der Waals surface area contributed by atoms with E-state index in [1.165, 1.54) is 0 Å². The summed E-state index contributed by atoms with van der Waals surface area (Å²) < 4.78 is 15.3. The van der Waals surface area contributed by atoms with E-state index in [2.05, 4.69) is 0 Å². The molecule has 0 heterocycles. The number of hydrogen-bond donors (Lipinski definition) is 0. The Balaban J connectivity index is 3.70. The van der Waals surface area contributed by atoms with Crippen LogP contribution in [0.1, 0.15) is 39.5 Å². The molecule has 0 fully saturated rings. The molecule has 0 saturated carbocycles. The van der Waals surface area contributed by atoms with Crippen LogP contribution in [0.25, 0.3) is 0 Å². The molecular weight excluding hydrogens is 208 g/mol. The van der Waals surface area contributed by atoms with Gasteiger partial charge >= 0.3 is 5.97 Å². The van der Waals surface area contributed by atoms with Gasteiger partial charge in [0.05, 0.1) is 25.2 Å². The highest BCUT2D eigenvalue weighted by molar-refractivity contribution is 5.69. The molecule has 0 aliphatic rings. The quantitative estimate of drug-likeness (QED) is 0.571. The van der Waals surface area contributed by atoms with Crippen molar-refractivity contribution in [2.24, 2.45) is 0 Å². The third kappa shape index (κ3) is 7.65. The van der Waals surface area contributed by atoms with Gasteiger partial charge < -0.3 is 14.2 Å². The standard InChI is InChI=1S/C12H24O4/c1-5-16-12(13)9-11(15-4)8-6-7-10(2)14-3/h10-11H,5-9H2,1-4H3. The van der Waals surface area contributed by atoms with E-state index in [1.807, 2.05) is 6.92 Å². The van der Waals surface area contributed by atoms with Crippen molar-refractivity contribution in [3.63, 3.8) is 0 Å². The van der Waals surface area contributed by atoms with Gasteiger partial charge in [-0.15, -0.1) is 0 Å². The summed E-state index contributed by atoms with van der Waals surface area (Å²) in [5.41, 5.74) is 0. The molecule has 0 amide bonds. The van der Waals surface area contributed by atoms with Gasteiger partial charge in [-0.1, -0.05) is 0 Å². The average molecular weight is 232 g/mol. The van der Waals surface area contributed by atoms with E-state index >= 15 is 0 Å². The van der Waals surface area contributed by atoms with E-state index in [0.717, 1.165) is 19.3 Å². The number of ether oxygens (including phenoxy) is 3. The van der Waals surface area contributed by atoms with E-state index in [-0.39, 0.29) is 18.2 Å². The molecule has 96 valence electrons. The lowest BCUT2D eigenvalue weighted by molar-refractivity contribution is -0.146. The molecule has 0 rings (SSSR count). The summed E-state index contributed by atoms with van der Waals surface area (Å²) in [5.74, 6) is -0.186. The maximum Gasteiger partial charge on any atom is 0.308 e. The van der Waals surface area contributed by atoms with Crippen LogP contribution in [0.4, 0.5) is 0 Å². The molecule has 0 aliphatic heterocycles. The normalized spacial score (nSPS) is 14.5. The second-order valence-corrected chi connectivity index (χ2v) is 3.84. The minimum atomic E-state index is -0.186. The molecule has 4 heteroatoms. The van der Waals surface area contributed by atoms with Crippen LogP contribution in [0.5, 0.6) is 0 Å². The van der Waals surface area contributed by atoms with Crippen molar-refractivity contribution in [1.82, 2.24) is 0 Å². The first-order valence-corrected chi connectivity index (χ1v) is 5.85. The number of hydrogen-bond acceptors (Lipinski definition) is 4. The first kappa shape index (κ1) is 15.4. The third-order valence-electron chi connectivity index (χ3n) is 2.57. The number of rotatable bonds is 9. The van der Waals surface area contributed by atoms with Gasteiger partial charge in [0.1, 0.15) is 0 Å². The zero-order chi connectivity index (χ0) is 12.4. The van der Waals surface area contributed by atoms with Crippen LogP contribution in [0, 0.1) is 0 Å². The summed E-state index contributed by atoms with van der Waals surface area (Å²) >= 11 is 0. The fourth-order valence-corrected chi connectivity index (χ4v) is 1.46. The van der Waals surface area contributed by atoms with Crippen molar-refractivity contribution in [3.8, 4) is 0 Å². The van der Waals surface area contributed by atoms with E-state index in [1.54, 1.807) is 21.1 Å². The van der Waals surface area contributed by atoms with Crippen LogP contribution in [0.15, 0.2) is 0 Å². The van der Waals surface area contributed by atoms with Gasteiger partial charge in [-0.3, -0.25) is 4.79 Å². The van der Waals surface area contributed by atoms with Crippen molar-refractivity contribution in [2.45, 2.75) is 51.7 Å². The summed E-state index contributed by atoms with van der Waals surface area (Å²) in [6.07, 6.45) is 3.41. The van der Waals surface area contributed by atoms with Gasteiger partial charge in [-0.25, -0.2) is 0 Å². The van der Waals surface area contributed by atoms with Gasteiger partial charge in [-0.05, 0) is 33.1 Å². The maximum absolute atomic E-state index is 11.2. The Bertz CT molecular complexity index is 182. The van der Waals surface area contributed by atoms with Crippen molar-refractivity contribution in [2.75, 3.05) is 20.8 Å². The predicted octanol–water partition coefficient (Wildman–Crippen LogP) is 2.16. The largest absolute Gasteiger partial charge is 0.466 e. The smallest absolute Gasteiger partial charge is 0.308 e. The maximum atomic E-state index is 11.2. The Morgan fingerprint density at radius 3 is 2.38 bits per heavy atom. The van der Waals surface area contributed by atoms with Crippen LogP contribution >= 0.6 is 0 Å². The zero-order valence-electron chi connectivity index (χ0n) is 10.8. The molecule has 2 atom stereocenters. The van der Waals surface area contributed by atoms with E-state index in [0.29, 0.717) is 13.0 Å². The summed E-state index contributed by atoms with van der Waals surface area (Å²) in [6.45, 7) is 4.27. The second kappa shape index (κ2) is 9.60. The van der Waals surface area contributed by atoms with Gasteiger partial charge in [0.2, 0.25) is 0 Å². The van der Waals surface area contributed by atoms with Crippen LogP contribution in [-0.4, -0.2) is 39.0 Å². The van der Waals surface area contributed by atoms with Crippen LogP contribution in [-0.2, 0) is 19.0 Å². The summed E-state index contributed by atoms with van der Waals surface area (Å²) in [4.78, 5) is 11.2. The monoisotopic (exact) mass is 232 g/mol. The molecule has 16 heavy (non-hydrogen) atoms. The minimum absolute atomic E-state index is 0.0388. The van der Waals surface area contributed by atoms with E-state index in [9.17, 15) is 4.79 Å². The van der Waals surface area contributed by atoms with Crippen LogP contribution < -0.4 is 0 Å². The summed E-state index contributed by atoms with van der Waals surface area (Å²) in [7, 11) is 3.33. The fraction of sp³-hybridized carbons (Fsp3) is 0.917. The van der Waals surface area contributed by atoms with Crippen molar-refractivity contribution >= 4 is 5.97 Å². The SMILES string of the molecule is CCOC(=O)CC(CCCC(C)OC)OC. The molecule has 0 bridgehead atoms. The Labute approximate surface area is 98.3 Å². The molecule has 0 aliphatic carbocycles. The number of carbonyl (C=O) groups excluding carboxylic acids is 1. The molecule has 0 radical (unpaired) electrons. The second-order valence-electron chi connectivity index (χ2n) is 3.84. The Kier molecular flexibility index (Phi) is 9.24. The molecule has 0 N–H and O–H groups in total. The molecule has 4 nitrogen and oxygen atoms in total. The molecule has 0 saturated heterocycles. The van der Waals surface area contributed by atoms with Gasteiger partial charge in [0.25, 0.3) is 0 Å². The van der Waals surface area contributed by atoms with Gasteiger partial charge in [0.15, 0.2) is 0 Å². The lowest BCUT2D eigenvalue weighted by Gasteiger charge is -2.15. The highest BCUT2D eigenvalue weighted by Crippen LogP contribution is 2.11. The molecule has 2 unspecified atom stereocenters. The van der Waals surface area contributed by atoms with Gasteiger partial charge in [0, 0.05) is 14.2 Å². The first-order chi connectivity index (χ1) is 7.63. The number of carbonyl (C=O) groups is 1. The molecule has 0 aromatic carbocycles. The molecule has 0 aromatic heterocycles. The molecule has 0 aromatic rings. The topological polar surface area (TPSA) is 44.8 Å². The Morgan fingerprint density at radius 2 is 1.88 bits per heavy atom. The Morgan fingerprint density at radius 1 is 1.19 bits per heavy atom. The lowest BCUT2D eigenvalue weighted by Crippen LogP contribution is -2.18. The van der Waals surface area contributed by atoms with Crippen molar-refractivity contribution in [3.05, 3.63) is 0 Å². The van der Waals surface area contributed by atoms with E-state index < -0.39 is 0 Å². The van der Waals surface area contributed by atoms with Crippen LogP contribution in [0.3, 0.4) is 0 Å². The predicted molar refractivity (Wildman–Crippen MR) is 62.4 cm³/mol. The number of methoxy groups -OCH3 is 2. The number of esters is 1. The highest BCUT2D eigenvalue weighted by atomic mass is 16.5. The Hall–Kier alpha value is -0.610. The van der Waals surface area contributed by atoms with Gasteiger partial charge in [-0.2, -0.15) is 0 Å².